The van der Waals surface area contributed by atoms with E-state index in [-0.39, 0.29) is 36.9 Å². The molecule has 1 aromatic heterocycles. The van der Waals surface area contributed by atoms with Gasteiger partial charge in [-0.1, -0.05) is 18.2 Å². The van der Waals surface area contributed by atoms with Crippen LogP contribution in [0.5, 0.6) is 0 Å². The largest absolute Gasteiger partial charge is 0.466 e. The molecule has 2 heterocycles. The number of nitrogens with one attached hydrogen (secondary N) is 1. The zero-order valence-electron chi connectivity index (χ0n) is 15.2. The van der Waals surface area contributed by atoms with Gasteiger partial charge in [0.15, 0.2) is 0 Å². The third-order valence-corrected chi connectivity index (χ3v) is 4.29. The summed E-state index contributed by atoms with van der Waals surface area (Å²) < 4.78 is 4.78. The Labute approximate surface area is 157 Å². The van der Waals surface area contributed by atoms with Crippen LogP contribution in [0.1, 0.15) is 5.69 Å². The summed E-state index contributed by atoms with van der Waals surface area (Å²) in [6.45, 7) is 2.03. The van der Waals surface area contributed by atoms with Gasteiger partial charge in [-0.05, 0) is 31.2 Å². The maximum Gasteiger partial charge on any atom is 0.337 e. The van der Waals surface area contributed by atoms with Crippen LogP contribution in [0, 0.1) is 6.92 Å². The fourth-order valence-corrected chi connectivity index (χ4v) is 2.92. The van der Waals surface area contributed by atoms with Crippen molar-refractivity contribution in [1.82, 2.24) is 9.88 Å². The number of pyridine rings is 1. The van der Waals surface area contributed by atoms with E-state index in [1.165, 1.54) is 12.0 Å². The maximum absolute atomic E-state index is 12.5. The molecule has 7 nitrogen and oxygen atoms in total. The third-order valence-electron chi connectivity index (χ3n) is 4.29. The van der Waals surface area contributed by atoms with Crippen LogP contribution < -0.4 is 5.32 Å². The number of carbonyl (C=O) groups excluding carboxylic acids is 2. The molecule has 0 aliphatic carbocycles. The Kier molecular flexibility index (Phi) is 5.52. The summed E-state index contributed by atoms with van der Waals surface area (Å²) in [5.41, 5.74) is 3.84. The van der Waals surface area contributed by atoms with E-state index in [0.29, 0.717) is 5.69 Å². The van der Waals surface area contributed by atoms with E-state index < -0.39 is 5.97 Å². The van der Waals surface area contributed by atoms with Crippen LogP contribution in [-0.2, 0) is 14.3 Å². The van der Waals surface area contributed by atoms with Gasteiger partial charge < -0.3 is 20.1 Å². The van der Waals surface area contributed by atoms with Crippen molar-refractivity contribution in [2.75, 3.05) is 32.1 Å². The number of ether oxygens (including phenoxy) is 1. The van der Waals surface area contributed by atoms with Crippen LogP contribution in [0.2, 0.25) is 0 Å². The summed E-state index contributed by atoms with van der Waals surface area (Å²) in [5.74, 6) is -0.902. The summed E-state index contributed by atoms with van der Waals surface area (Å²) in [5, 5.41) is 12.1. The van der Waals surface area contributed by atoms with Crippen molar-refractivity contribution in [2.24, 2.45) is 0 Å². The van der Waals surface area contributed by atoms with Gasteiger partial charge in [0.05, 0.1) is 31.5 Å². The minimum absolute atomic E-state index is 0.111. The molecular weight excluding hydrogens is 346 g/mol. The van der Waals surface area contributed by atoms with Crippen LogP contribution in [0.3, 0.4) is 0 Å². The first kappa shape index (κ1) is 18.6. The lowest BCUT2D eigenvalue weighted by molar-refractivity contribution is -0.136. The molecule has 0 bridgehead atoms. The number of carbonyl (C=O) groups is 2. The van der Waals surface area contributed by atoms with E-state index in [9.17, 15) is 9.59 Å². The molecule has 7 heteroatoms. The number of nitrogens with zero attached hydrogens (tertiary/aromatic N) is 2. The fraction of sp³-hybridized carbons (Fsp3) is 0.250. The summed E-state index contributed by atoms with van der Waals surface area (Å²) in [7, 11) is 1.27. The maximum atomic E-state index is 12.5. The summed E-state index contributed by atoms with van der Waals surface area (Å²) >= 11 is 0. The Hall–Kier alpha value is -3.19. The number of esters is 1. The van der Waals surface area contributed by atoms with Crippen molar-refractivity contribution >= 4 is 17.6 Å². The molecule has 27 heavy (non-hydrogen) atoms. The number of aromatic nitrogens is 1. The summed E-state index contributed by atoms with van der Waals surface area (Å²) in [4.78, 5) is 30.4. The number of aryl methyl sites for hydroxylation is 1. The topological polar surface area (TPSA) is 91.8 Å². The van der Waals surface area contributed by atoms with Crippen LogP contribution in [0.4, 0.5) is 5.69 Å². The number of benzene rings is 1. The van der Waals surface area contributed by atoms with E-state index in [0.717, 1.165) is 17.0 Å². The molecule has 0 fully saturated rings. The highest BCUT2D eigenvalue weighted by Gasteiger charge is 2.34. The standard InChI is InChI=1S/C20H21N3O4/c1-13-4-3-5-17(21-13)14-6-8-15(9-7-14)22-18-16(20(26)27-2)12-23(10-11-24)19(18)25/h3-9,22,24H,10-12H2,1-2H3. The first-order valence-corrected chi connectivity index (χ1v) is 8.56. The second kappa shape index (κ2) is 8.01. The van der Waals surface area contributed by atoms with Crippen LogP contribution >= 0.6 is 0 Å². The highest BCUT2D eigenvalue weighted by Crippen LogP contribution is 2.25. The van der Waals surface area contributed by atoms with Crippen molar-refractivity contribution in [2.45, 2.75) is 6.92 Å². The average Bonchev–Trinajstić information content (AvgIpc) is 2.98. The SMILES string of the molecule is COC(=O)C1=C(Nc2ccc(-c3cccc(C)n3)cc2)C(=O)N(CCO)C1. The highest BCUT2D eigenvalue weighted by molar-refractivity contribution is 6.08. The van der Waals surface area contributed by atoms with E-state index >= 15 is 0 Å². The number of rotatable bonds is 6. The van der Waals surface area contributed by atoms with Gasteiger partial charge in [-0.2, -0.15) is 0 Å². The highest BCUT2D eigenvalue weighted by atomic mass is 16.5. The van der Waals surface area contributed by atoms with Gasteiger partial charge in [0, 0.05) is 23.5 Å². The number of aliphatic hydroxyl groups excluding tert-OH is 1. The lowest BCUT2D eigenvalue weighted by atomic mass is 10.1. The Bertz CT molecular complexity index is 890. The smallest absolute Gasteiger partial charge is 0.337 e. The second-order valence-corrected chi connectivity index (χ2v) is 6.16. The normalized spacial score (nSPS) is 13.9. The summed E-state index contributed by atoms with van der Waals surface area (Å²) in [6, 6.07) is 13.3. The Morgan fingerprint density at radius 2 is 2.00 bits per heavy atom. The molecule has 1 aliphatic rings. The molecule has 3 rings (SSSR count). The Morgan fingerprint density at radius 3 is 2.63 bits per heavy atom. The van der Waals surface area contributed by atoms with Gasteiger partial charge in [-0.15, -0.1) is 0 Å². The lowest BCUT2D eigenvalue weighted by Crippen LogP contribution is -2.31. The van der Waals surface area contributed by atoms with Crippen molar-refractivity contribution < 1.29 is 19.4 Å². The van der Waals surface area contributed by atoms with Crippen molar-refractivity contribution in [3.05, 3.63) is 59.4 Å². The fourth-order valence-electron chi connectivity index (χ4n) is 2.92. The Morgan fingerprint density at radius 1 is 1.26 bits per heavy atom. The van der Waals surface area contributed by atoms with E-state index in [1.54, 1.807) is 0 Å². The van der Waals surface area contributed by atoms with Crippen molar-refractivity contribution in [1.29, 1.82) is 0 Å². The molecule has 0 atom stereocenters. The molecule has 0 unspecified atom stereocenters. The Balaban J connectivity index is 1.84. The molecule has 0 saturated carbocycles. The number of methoxy groups -OCH3 is 1. The van der Waals surface area contributed by atoms with Gasteiger partial charge in [0.2, 0.25) is 0 Å². The average molecular weight is 367 g/mol. The molecular formula is C20H21N3O4. The molecule has 1 amide bonds. The monoisotopic (exact) mass is 367 g/mol. The third kappa shape index (κ3) is 3.98. The molecule has 2 aromatic rings. The number of hydrogen-bond donors (Lipinski definition) is 2. The molecule has 0 radical (unpaired) electrons. The molecule has 0 spiro atoms. The zero-order chi connectivity index (χ0) is 19.4. The summed E-state index contributed by atoms with van der Waals surface area (Å²) in [6.07, 6.45) is 0. The molecule has 1 aromatic carbocycles. The van der Waals surface area contributed by atoms with Gasteiger partial charge in [0.25, 0.3) is 5.91 Å². The number of aliphatic hydroxyl groups is 1. The lowest BCUT2D eigenvalue weighted by Gasteiger charge is -2.15. The van der Waals surface area contributed by atoms with E-state index in [4.69, 9.17) is 9.84 Å². The van der Waals surface area contributed by atoms with Gasteiger partial charge >= 0.3 is 5.97 Å². The number of β-amino-alcohol motifs (C(OH)–C–C–N with tert-alkyl or cyclic N) is 1. The molecule has 2 N–H and O–H groups in total. The minimum Gasteiger partial charge on any atom is -0.466 e. The second-order valence-electron chi connectivity index (χ2n) is 6.16. The van der Waals surface area contributed by atoms with Crippen LogP contribution in [0.25, 0.3) is 11.3 Å². The zero-order valence-corrected chi connectivity index (χ0v) is 15.2. The number of amides is 1. The van der Waals surface area contributed by atoms with Gasteiger partial charge in [-0.3, -0.25) is 9.78 Å². The van der Waals surface area contributed by atoms with Crippen molar-refractivity contribution in [3.8, 4) is 11.3 Å². The predicted molar refractivity (Wildman–Crippen MR) is 101 cm³/mol. The van der Waals surface area contributed by atoms with Crippen molar-refractivity contribution in [3.63, 3.8) is 0 Å². The molecule has 140 valence electrons. The molecule has 0 saturated heterocycles. The predicted octanol–water partition coefficient (Wildman–Crippen LogP) is 1.73. The first-order chi connectivity index (χ1) is 13.0. The van der Waals surface area contributed by atoms with E-state index in [1.807, 2.05) is 49.4 Å². The number of hydrogen-bond acceptors (Lipinski definition) is 6. The van der Waals surface area contributed by atoms with Gasteiger partial charge in [-0.25, -0.2) is 4.79 Å². The quantitative estimate of drug-likeness (QED) is 0.756. The van der Waals surface area contributed by atoms with E-state index in [2.05, 4.69) is 10.3 Å². The van der Waals surface area contributed by atoms with Gasteiger partial charge in [0.1, 0.15) is 5.70 Å². The van der Waals surface area contributed by atoms with Crippen LogP contribution in [-0.4, -0.2) is 53.7 Å². The minimum atomic E-state index is -0.563. The molecule has 1 aliphatic heterocycles. The number of anilines is 1. The first-order valence-electron chi connectivity index (χ1n) is 8.56. The van der Waals surface area contributed by atoms with Crippen LogP contribution in [0.15, 0.2) is 53.7 Å².